The molecule has 0 radical (unpaired) electrons. The first kappa shape index (κ1) is 15.4. The van der Waals surface area contributed by atoms with Crippen molar-refractivity contribution in [3.63, 3.8) is 0 Å². The molecule has 2 aromatic heterocycles. The van der Waals surface area contributed by atoms with Crippen LogP contribution in [0.5, 0.6) is 0 Å². The highest BCUT2D eigenvalue weighted by Gasteiger charge is 2.12. The van der Waals surface area contributed by atoms with Crippen molar-refractivity contribution in [2.45, 2.75) is 19.9 Å². The van der Waals surface area contributed by atoms with Gasteiger partial charge in [0.1, 0.15) is 5.82 Å². The van der Waals surface area contributed by atoms with Gasteiger partial charge in [-0.15, -0.1) is 0 Å². The fourth-order valence-corrected chi connectivity index (χ4v) is 3.00. The number of fused-ring (bicyclic) bond motifs is 1. The van der Waals surface area contributed by atoms with E-state index in [2.05, 4.69) is 53.4 Å². The Morgan fingerprint density at radius 3 is 2.48 bits per heavy atom. The van der Waals surface area contributed by atoms with Gasteiger partial charge in [-0.2, -0.15) is 0 Å². The summed E-state index contributed by atoms with van der Waals surface area (Å²) in [5, 5.41) is 3.43. The summed E-state index contributed by atoms with van der Waals surface area (Å²) in [5.41, 5.74) is 6.14. The molecule has 2 N–H and O–H groups in total. The Bertz CT molecular complexity index is 1000. The monoisotopic (exact) mass is 328 g/mol. The number of hydrogen-bond donors (Lipinski definition) is 2. The third-order valence-corrected chi connectivity index (χ3v) is 4.06. The predicted molar refractivity (Wildman–Crippen MR) is 104 cm³/mol. The lowest BCUT2D eigenvalue weighted by atomic mass is 10.0. The number of nitrogens with one attached hydrogen (secondary N) is 2. The molecule has 0 atom stereocenters. The molecule has 0 amide bonds. The number of pyridine rings is 1. The van der Waals surface area contributed by atoms with E-state index in [1.54, 1.807) is 0 Å². The molecule has 0 spiro atoms. The number of H-pyrrole nitrogens is 1. The predicted octanol–water partition coefficient (Wildman–Crippen LogP) is 5.11. The second kappa shape index (κ2) is 6.40. The van der Waals surface area contributed by atoms with E-state index in [9.17, 15) is 0 Å². The van der Waals surface area contributed by atoms with Crippen LogP contribution < -0.4 is 5.32 Å². The molecule has 0 aliphatic heterocycles. The molecular formula is C21H20N4. The summed E-state index contributed by atoms with van der Waals surface area (Å²) >= 11 is 0. The number of rotatable bonds is 4. The maximum atomic E-state index is 4.78. The number of nitrogens with zero attached hydrogens (tertiary/aromatic N) is 2. The molecule has 25 heavy (non-hydrogen) atoms. The highest BCUT2D eigenvalue weighted by molar-refractivity contribution is 5.86. The lowest BCUT2D eigenvalue weighted by Crippen LogP contribution is -2.09. The van der Waals surface area contributed by atoms with Crippen LogP contribution in [0.2, 0.25) is 0 Å². The summed E-state index contributed by atoms with van der Waals surface area (Å²) in [6.07, 6.45) is 1.81. The van der Waals surface area contributed by atoms with Gasteiger partial charge < -0.3 is 10.3 Å². The van der Waals surface area contributed by atoms with E-state index in [0.29, 0.717) is 6.04 Å². The zero-order chi connectivity index (χ0) is 17.2. The van der Waals surface area contributed by atoms with Gasteiger partial charge in [-0.1, -0.05) is 30.3 Å². The van der Waals surface area contributed by atoms with Crippen molar-refractivity contribution in [3.05, 3.63) is 66.9 Å². The first-order chi connectivity index (χ1) is 12.2. The number of hydrogen-bond acceptors (Lipinski definition) is 3. The van der Waals surface area contributed by atoms with Crippen LogP contribution in [-0.2, 0) is 0 Å². The summed E-state index contributed by atoms with van der Waals surface area (Å²) in [5.74, 6) is 0.859. The Hall–Kier alpha value is -3.14. The third kappa shape index (κ3) is 3.11. The van der Waals surface area contributed by atoms with E-state index >= 15 is 0 Å². The molecule has 124 valence electrons. The molecule has 0 saturated heterocycles. The molecule has 0 aliphatic carbocycles. The van der Waals surface area contributed by atoms with E-state index in [-0.39, 0.29) is 0 Å². The zero-order valence-electron chi connectivity index (χ0n) is 14.3. The molecule has 2 aromatic carbocycles. The maximum Gasteiger partial charge on any atom is 0.139 e. The molecule has 4 aromatic rings. The second-order valence-electron chi connectivity index (χ2n) is 6.38. The highest BCUT2D eigenvalue weighted by atomic mass is 14.9. The Morgan fingerprint density at radius 2 is 1.72 bits per heavy atom. The van der Waals surface area contributed by atoms with Crippen LogP contribution in [0.4, 0.5) is 5.69 Å². The molecular weight excluding hydrogens is 308 g/mol. The van der Waals surface area contributed by atoms with Gasteiger partial charge in [0.25, 0.3) is 0 Å². The second-order valence-corrected chi connectivity index (χ2v) is 6.38. The Morgan fingerprint density at radius 1 is 0.920 bits per heavy atom. The largest absolute Gasteiger partial charge is 0.383 e. The molecule has 4 heteroatoms. The van der Waals surface area contributed by atoms with Crippen LogP contribution in [-0.4, -0.2) is 21.0 Å². The van der Waals surface area contributed by atoms with Crippen LogP contribution in [0, 0.1) is 0 Å². The standard InChI is InChI=1S/C21H20N4/c1-14(2)23-15-10-11-19-20(13-15)25-21(24-19)17-8-4-3-7-16(17)18-9-5-6-12-22-18/h3-14,23H,1-2H3,(H,24,25). The molecule has 0 bridgehead atoms. The van der Waals surface area contributed by atoms with Gasteiger partial charge in [0, 0.05) is 29.1 Å². The molecule has 0 saturated carbocycles. The van der Waals surface area contributed by atoms with Crippen molar-refractivity contribution in [3.8, 4) is 22.6 Å². The van der Waals surface area contributed by atoms with E-state index < -0.39 is 0 Å². The molecule has 0 fully saturated rings. The summed E-state index contributed by atoms with van der Waals surface area (Å²) in [7, 11) is 0. The summed E-state index contributed by atoms with van der Waals surface area (Å²) in [6.45, 7) is 4.26. The maximum absolute atomic E-state index is 4.78. The van der Waals surface area contributed by atoms with Crippen molar-refractivity contribution in [2.24, 2.45) is 0 Å². The zero-order valence-corrected chi connectivity index (χ0v) is 14.3. The lowest BCUT2D eigenvalue weighted by molar-refractivity contribution is 0.900. The molecule has 0 unspecified atom stereocenters. The summed E-state index contributed by atoms with van der Waals surface area (Å²) < 4.78 is 0. The SMILES string of the molecule is CC(C)Nc1ccc2nc(-c3ccccc3-c3ccccn3)[nH]c2c1. The number of aromatic amines is 1. The van der Waals surface area contributed by atoms with E-state index in [1.165, 1.54) is 0 Å². The normalized spacial score (nSPS) is 11.2. The Balaban J connectivity index is 1.80. The summed E-state index contributed by atoms with van der Waals surface area (Å²) in [4.78, 5) is 12.7. The fourth-order valence-electron chi connectivity index (χ4n) is 3.00. The molecule has 4 nitrogen and oxygen atoms in total. The lowest BCUT2D eigenvalue weighted by Gasteiger charge is -2.09. The van der Waals surface area contributed by atoms with Crippen molar-refractivity contribution in [1.29, 1.82) is 0 Å². The minimum atomic E-state index is 0.393. The first-order valence-corrected chi connectivity index (χ1v) is 8.48. The van der Waals surface area contributed by atoms with E-state index in [4.69, 9.17) is 4.98 Å². The van der Waals surface area contributed by atoms with Crippen molar-refractivity contribution in [2.75, 3.05) is 5.32 Å². The van der Waals surface area contributed by atoms with E-state index in [1.807, 2.05) is 42.6 Å². The minimum absolute atomic E-state index is 0.393. The van der Waals surface area contributed by atoms with Gasteiger partial charge in [0.15, 0.2) is 0 Å². The van der Waals surface area contributed by atoms with Gasteiger partial charge in [-0.05, 0) is 44.2 Å². The topological polar surface area (TPSA) is 53.6 Å². The number of imidazole rings is 1. The average Bonchev–Trinajstić information content (AvgIpc) is 3.05. The van der Waals surface area contributed by atoms with Crippen LogP contribution in [0.1, 0.15) is 13.8 Å². The van der Waals surface area contributed by atoms with Crippen molar-refractivity contribution in [1.82, 2.24) is 15.0 Å². The number of benzene rings is 2. The quantitative estimate of drug-likeness (QED) is 0.547. The van der Waals surface area contributed by atoms with Crippen LogP contribution in [0.25, 0.3) is 33.7 Å². The number of anilines is 1. The molecule has 2 heterocycles. The van der Waals surface area contributed by atoms with Crippen LogP contribution in [0.3, 0.4) is 0 Å². The van der Waals surface area contributed by atoms with Gasteiger partial charge in [0.05, 0.1) is 16.7 Å². The smallest absolute Gasteiger partial charge is 0.139 e. The summed E-state index contributed by atoms with van der Waals surface area (Å²) in [6, 6.07) is 20.8. The fraction of sp³-hybridized carbons (Fsp3) is 0.143. The first-order valence-electron chi connectivity index (χ1n) is 8.48. The molecule has 4 rings (SSSR count). The van der Waals surface area contributed by atoms with Gasteiger partial charge >= 0.3 is 0 Å². The van der Waals surface area contributed by atoms with Crippen molar-refractivity contribution >= 4 is 16.7 Å². The van der Waals surface area contributed by atoms with Gasteiger partial charge in [-0.25, -0.2) is 4.98 Å². The van der Waals surface area contributed by atoms with Crippen molar-refractivity contribution < 1.29 is 0 Å². The van der Waals surface area contributed by atoms with Gasteiger partial charge in [0.2, 0.25) is 0 Å². The third-order valence-electron chi connectivity index (χ3n) is 4.06. The van der Waals surface area contributed by atoms with Gasteiger partial charge in [-0.3, -0.25) is 4.98 Å². The number of aromatic nitrogens is 3. The highest BCUT2D eigenvalue weighted by Crippen LogP contribution is 2.30. The average molecular weight is 328 g/mol. The minimum Gasteiger partial charge on any atom is -0.383 e. The molecule has 0 aliphatic rings. The van der Waals surface area contributed by atoms with Crippen LogP contribution >= 0.6 is 0 Å². The Labute approximate surface area is 147 Å². The van der Waals surface area contributed by atoms with E-state index in [0.717, 1.165) is 39.4 Å². The van der Waals surface area contributed by atoms with Crippen LogP contribution in [0.15, 0.2) is 66.9 Å². The Kier molecular flexibility index (Phi) is 3.94.